The van der Waals surface area contributed by atoms with Gasteiger partial charge in [0.1, 0.15) is 0 Å². The second-order valence-electron chi connectivity index (χ2n) is 7.12. The summed E-state index contributed by atoms with van der Waals surface area (Å²) in [4.78, 5) is 14.2. The smallest absolute Gasteiger partial charge is 0.325 e. The molecule has 1 fully saturated rings. The Kier molecular flexibility index (Phi) is 6.49. The predicted octanol–water partition coefficient (Wildman–Crippen LogP) is 2.96. The predicted molar refractivity (Wildman–Crippen MR) is 106 cm³/mol. The van der Waals surface area contributed by atoms with Crippen molar-refractivity contribution in [2.75, 3.05) is 38.0 Å². The number of aryl methyl sites for hydroxylation is 1. The number of hydrogen-bond acceptors (Lipinski definition) is 4. The van der Waals surface area contributed by atoms with Crippen molar-refractivity contribution in [2.24, 2.45) is 0 Å². The molecule has 1 saturated heterocycles. The zero-order valence-electron chi connectivity index (χ0n) is 16.3. The van der Waals surface area contributed by atoms with Crippen LogP contribution < -0.4 is 5.32 Å². The van der Waals surface area contributed by atoms with Crippen LogP contribution in [0.1, 0.15) is 11.1 Å². The highest BCUT2D eigenvalue weighted by molar-refractivity contribution is 7.89. The third-order valence-electron chi connectivity index (χ3n) is 4.85. The molecule has 3 rings (SSSR count). The van der Waals surface area contributed by atoms with E-state index in [-0.39, 0.29) is 36.1 Å². The number of sulfonamides is 1. The van der Waals surface area contributed by atoms with Crippen LogP contribution in [0.3, 0.4) is 0 Å². The first-order chi connectivity index (χ1) is 14.1. The number of halogens is 3. The number of piperazine rings is 1. The van der Waals surface area contributed by atoms with E-state index in [1.54, 1.807) is 29.2 Å². The molecule has 2 aromatic carbocycles. The number of hydrogen-bond donors (Lipinski definition) is 1. The molecular weight excluding hydrogens is 419 g/mol. The number of nitrogens with one attached hydrogen (secondary N) is 1. The Morgan fingerprint density at radius 1 is 0.967 bits per heavy atom. The SMILES string of the molecule is Cc1ccc(S(=O)(=O)N2CCN(CC(=O)Nc3ccc(C(F)(F)F)cc3)CC2)cc1. The van der Waals surface area contributed by atoms with Crippen LogP contribution in [0.2, 0.25) is 0 Å². The van der Waals surface area contributed by atoms with Crippen molar-refractivity contribution in [2.45, 2.75) is 18.0 Å². The maximum atomic E-state index is 12.7. The number of alkyl halides is 3. The molecule has 0 spiro atoms. The highest BCUT2D eigenvalue weighted by Crippen LogP contribution is 2.29. The van der Waals surface area contributed by atoms with E-state index in [2.05, 4.69) is 5.32 Å². The fraction of sp³-hybridized carbons (Fsp3) is 0.350. The van der Waals surface area contributed by atoms with Gasteiger partial charge < -0.3 is 5.32 Å². The minimum absolute atomic E-state index is 0.0272. The molecular formula is C20H22F3N3O3S. The minimum atomic E-state index is -4.43. The molecule has 30 heavy (non-hydrogen) atoms. The third kappa shape index (κ3) is 5.38. The van der Waals surface area contributed by atoms with Gasteiger partial charge in [-0.3, -0.25) is 9.69 Å². The second kappa shape index (κ2) is 8.75. The quantitative estimate of drug-likeness (QED) is 0.775. The molecule has 2 aromatic rings. The summed E-state index contributed by atoms with van der Waals surface area (Å²) in [6.07, 6.45) is -4.43. The fourth-order valence-electron chi connectivity index (χ4n) is 3.13. The lowest BCUT2D eigenvalue weighted by Gasteiger charge is -2.33. The Balaban J connectivity index is 1.52. The van der Waals surface area contributed by atoms with Crippen LogP contribution in [0.15, 0.2) is 53.4 Å². The molecule has 0 atom stereocenters. The Labute approximate surface area is 173 Å². The summed E-state index contributed by atoms with van der Waals surface area (Å²) in [6.45, 7) is 3.18. The Morgan fingerprint density at radius 3 is 2.07 bits per heavy atom. The molecule has 1 N–H and O–H groups in total. The van der Waals surface area contributed by atoms with Gasteiger partial charge >= 0.3 is 6.18 Å². The van der Waals surface area contributed by atoms with E-state index in [1.807, 2.05) is 6.92 Å². The van der Waals surface area contributed by atoms with Gasteiger partial charge in [0.25, 0.3) is 0 Å². The number of anilines is 1. The zero-order chi connectivity index (χ0) is 21.9. The van der Waals surface area contributed by atoms with Gasteiger partial charge in [-0.15, -0.1) is 0 Å². The molecule has 1 aliphatic heterocycles. The van der Waals surface area contributed by atoms with E-state index < -0.39 is 21.8 Å². The van der Waals surface area contributed by atoms with Gasteiger partial charge in [0.05, 0.1) is 17.0 Å². The number of nitrogens with zero attached hydrogens (tertiary/aromatic N) is 2. The van der Waals surface area contributed by atoms with Crippen molar-refractivity contribution in [1.82, 2.24) is 9.21 Å². The van der Waals surface area contributed by atoms with Crippen LogP contribution >= 0.6 is 0 Å². The summed E-state index contributed by atoms with van der Waals surface area (Å²) >= 11 is 0. The zero-order valence-corrected chi connectivity index (χ0v) is 17.1. The van der Waals surface area contributed by atoms with E-state index in [1.165, 1.54) is 16.4 Å². The monoisotopic (exact) mass is 441 g/mol. The maximum Gasteiger partial charge on any atom is 0.416 e. The van der Waals surface area contributed by atoms with Gasteiger partial charge in [-0.05, 0) is 43.3 Å². The van der Waals surface area contributed by atoms with Crippen molar-refractivity contribution in [1.29, 1.82) is 0 Å². The summed E-state index contributed by atoms with van der Waals surface area (Å²) in [6, 6.07) is 10.9. The lowest BCUT2D eigenvalue weighted by Crippen LogP contribution is -2.50. The molecule has 1 aliphatic rings. The van der Waals surface area contributed by atoms with Gasteiger partial charge in [0, 0.05) is 31.9 Å². The first-order valence-electron chi connectivity index (χ1n) is 9.32. The van der Waals surface area contributed by atoms with Gasteiger partial charge in [-0.25, -0.2) is 8.42 Å². The molecule has 162 valence electrons. The molecule has 6 nitrogen and oxygen atoms in total. The van der Waals surface area contributed by atoms with Crippen LogP contribution in [0.25, 0.3) is 0 Å². The number of carbonyl (C=O) groups is 1. The average molecular weight is 441 g/mol. The van der Waals surface area contributed by atoms with E-state index in [0.29, 0.717) is 13.1 Å². The number of rotatable bonds is 5. The Morgan fingerprint density at radius 2 is 1.53 bits per heavy atom. The highest BCUT2D eigenvalue weighted by atomic mass is 32.2. The van der Waals surface area contributed by atoms with Crippen LogP contribution in [0.4, 0.5) is 18.9 Å². The van der Waals surface area contributed by atoms with Crippen molar-refractivity contribution < 1.29 is 26.4 Å². The van der Waals surface area contributed by atoms with Gasteiger partial charge in [0.15, 0.2) is 0 Å². The molecule has 0 unspecified atom stereocenters. The van der Waals surface area contributed by atoms with Gasteiger partial charge in [-0.1, -0.05) is 17.7 Å². The van der Waals surface area contributed by atoms with Crippen molar-refractivity contribution >= 4 is 21.6 Å². The molecule has 0 aromatic heterocycles. The maximum absolute atomic E-state index is 12.7. The first kappa shape index (κ1) is 22.3. The van der Waals surface area contributed by atoms with Crippen LogP contribution in [-0.2, 0) is 21.0 Å². The standard InChI is InChI=1S/C20H22F3N3O3S/c1-15-2-8-18(9-3-15)30(28,29)26-12-10-25(11-13-26)14-19(27)24-17-6-4-16(5-7-17)20(21,22)23/h2-9H,10-14H2,1H3,(H,24,27). The summed E-state index contributed by atoms with van der Waals surface area (Å²) in [7, 11) is -3.58. The number of benzene rings is 2. The summed E-state index contributed by atoms with van der Waals surface area (Å²) < 4.78 is 64.6. The van der Waals surface area contributed by atoms with Crippen molar-refractivity contribution in [3.8, 4) is 0 Å². The molecule has 1 heterocycles. The lowest BCUT2D eigenvalue weighted by molar-refractivity contribution is -0.137. The average Bonchev–Trinajstić information content (AvgIpc) is 2.68. The number of amides is 1. The van der Waals surface area contributed by atoms with Gasteiger partial charge in [0.2, 0.25) is 15.9 Å². The largest absolute Gasteiger partial charge is 0.416 e. The molecule has 0 aliphatic carbocycles. The number of carbonyl (C=O) groups excluding carboxylic acids is 1. The highest BCUT2D eigenvalue weighted by Gasteiger charge is 2.30. The van der Waals surface area contributed by atoms with Crippen molar-refractivity contribution in [3.63, 3.8) is 0 Å². The van der Waals surface area contributed by atoms with E-state index in [0.717, 1.165) is 17.7 Å². The Hall–Kier alpha value is -2.43. The van der Waals surface area contributed by atoms with Crippen LogP contribution in [0, 0.1) is 6.92 Å². The van der Waals surface area contributed by atoms with Crippen molar-refractivity contribution in [3.05, 3.63) is 59.7 Å². The summed E-state index contributed by atoms with van der Waals surface area (Å²) in [5.74, 6) is -0.371. The summed E-state index contributed by atoms with van der Waals surface area (Å²) in [5.41, 5.74) is 0.456. The second-order valence-corrected chi connectivity index (χ2v) is 9.05. The molecule has 0 bridgehead atoms. The van der Waals surface area contributed by atoms with Crippen LogP contribution in [-0.4, -0.2) is 56.3 Å². The molecule has 0 saturated carbocycles. The summed E-state index contributed by atoms with van der Waals surface area (Å²) in [5, 5.41) is 2.56. The van der Waals surface area contributed by atoms with E-state index in [9.17, 15) is 26.4 Å². The normalized spacial score (nSPS) is 16.4. The lowest BCUT2D eigenvalue weighted by atomic mass is 10.2. The van der Waals surface area contributed by atoms with E-state index in [4.69, 9.17) is 0 Å². The fourth-order valence-corrected chi connectivity index (χ4v) is 4.56. The third-order valence-corrected chi connectivity index (χ3v) is 6.77. The first-order valence-corrected chi connectivity index (χ1v) is 10.8. The molecule has 1 amide bonds. The molecule has 10 heteroatoms. The Bertz CT molecular complexity index is 983. The topological polar surface area (TPSA) is 69.7 Å². The minimum Gasteiger partial charge on any atom is -0.325 e. The van der Waals surface area contributed by atoms with E-state index >= 15 is 0 Å². The van der Waals surface area contributed by atoms with Crippen LogP contribution in [0.5, 0.6) is 0 Å². The van der Waals surface area contributed by atoms with Gasteiger partial charge in [-0.2, -0.15) is 17.5 Å². The molecule has 0 radical (unpaired) electrons.